The number of hydrogen-bond acceptors (Lipinski definition) is 3. The molecule has 1 atom stereocenters. The van der Waals surface area contributed by atoms with Gasteiger partial charge in [0.05, 0.1) is 13.2 Å². The second kappa shape index (κ2) is 4.25. The fraction of sp³-hybridized carbons (Fsp3) is 0.778. The summed E-state index contributed by atoms with van der Waals surface area (Å²) in [5.74, 6) is 0.430. The van der Waals surface area contributed by atoms with E-state index in [0.29, 0.717) is 12.3 Å². The van der Waals surface area contributed by atoms with Crippen molar-refractivity contribution in [3.05, 3.63) is 0 Å². The molecular formula is C9H15NO3. The van der Waals surface area contributed by atoms with Crippen LogP contribution in [0.2, 0.25) is 0 Å². The molecule has 1 rings (SSSR count). The van der Waals surface area contributed by atoms with Gasteiger partial charge in [-0.3, -0.25) is 4.79 Å². The van der Waals surface area contributed by atoms with Gasteiger partial charge in [0.15, 0.2) is 5.78 Å². The van der Waals surface area contributed by atoms with Gasteiger partial charge < -0.3 is 10.1 Å². The largest absolute Gasteiger partial charge is 0.453 e. The number of ketones is 1. The van der Waals surface area contributed by atoms with E-state index in [0.717, 1.165) is 12.8 Å². The fourth-order valence-electron chi connectivity index (χ4n) is 1.30. The van der Waals surface area contributed by atoms with Crippen LogP contribution >= 0.6 is 0 Å². The SMILES string of the molecule is CCC(=O)C(NC(=O)OC)C1CC1. The van der Waals surface area contributed by atoms with Crippen LogP contribution in [0.15, 0.2) is 0 Å². The number of Topliss-reactive ketones (excluding diaryl/α,β-unsaturated/α-hetero) is 1. The molecular weight excluding hydrogens is 170 g/mol. The van der Waals surface area contributed by atoms with Crippen LogP contribution in [0.25, 0.3) is 0 Å². The van der Waals surface area contributed by atoms with Gasteiger partial charge in [0.25, 0.3) is 0 Å². The summed E-state index contributed by atoms with van der Waals surface area (Å²) in [5.41, 5.74) is 0. The van der Waals surface area contributed by atoms with Crippen molar-refractivity contribution in [2.75, 3.05) is 7.11 Å². The first-order chi connectivity index (χ1) is 6.19. The summed E-state index contributed by atoms with van der Waals surface area (Å²) in [6.07, 6.45) is 2.00. The van der Waals surface area contributed by atoms with Crippen molar-refractivity contribution in [3.63, 3.8) is 0 Å². The minimum absolute atomic E-state index is 0.0906. The van der Waals surface area contributed by atoms with Crippen LogP contribution in [0, 0.1) is 5.92 Å². The number of rotatable bonds is 4. The molecule has 4 nitrogen and oxygen atoms in total. The lowest BCUT2D eigenvalue weighted by Crippen LogP contribution is -2.42. The maximum Gasteiger partial charge on any atom is 0.407 e. The van der Waals surface area contributed by atoms with Gasteiger partial charge in [-0.15, -0.1) is 0 Å². The average molecular weight is 185 g/mol. The number of alkyl carbamates (subject to hydrolysis) is 1. The predicted molar refractivity (Wildman–Crippen MR) is 47.4 cm³/mol. The molecule has 0 aromatic rings. The number of carbonyl (C=O) groups excluding carboxylic acids is 2. The summed E-state index contributed by atoms with van der Waals surface area (Å²) in [7, 11) is 1.30. The Balaban J connectivity index is 2.47. The summed E-state index contributed by atoms with van der Waals surface area (Å²) < 4.78 is 4.45. The van der Waals surface area contributed by atoms with Crippen LogP contribution in [-0.2, 0) is 9.53 Å². The molecule has 0 radical (unpaired) electrons. The zero-order valence-corrected chi connectivity index (χ0v) is 8.00. The third kappa shape index (κ3) is 2.72. The maximum atomic E-state index is 11.4. The van der Waals surface area contributed by atoms with Crippen molar-refractivity contribution in [1.82, 2.24) is 5.32 Å². The number of amides is 1. The third-order valence-electron chi connectivity index (χ3n) is 2.25. The number of ether oxygens (including phenoxy) is 1. The lowest BCUT2D eigenvalue weighted by atomic mass is 10.1. The Kier molecular flexibility index (Phi) is 3.28. The van der Waals surface area contributed by atoms with Crippen molar-refractivity contribution < 1.29 is 14.3 Å². The number of nitrogens with one attached hydrogen (secondary N) is 1. The molecule has 4 heteroatoms. The van der Waals surface area contributed by atoms with E-state index < -0.39 is 6.09 Å². The van der Waals surface area contributed by atoms with Gasteiger partial charge in [0.1, 0.15) is 0 Å². The van der Waals surface area contributed by atoms with Crippen LogP contribution in [0.4, 0.5) is 4.79 Å². The highest BCUT2D eigenvalue weighted by Gasteiger charge is 2.36. The van der Waals surface area contributed by atoms with E-state index >= 15 is 0 Å². The molecule has 1 aliphatic carbocycles. The van der Waals surface area contributed by atoms with Gasteiger partial charge >= 0.3 is 6.09 Å². The van der Waals surface area contributed by atoms with Gasteiger partial charge in [-0.2, -0.15) is 0 Å². The molecule has 0 bridgehead atoms. The van der Waals surface area contributed by atoms with Crippen LogP contribution < -0.4 is 5.32 Å². The van der Waals surface area contributed by atoms with E-state index in [9.17, 15) is 9.59 Å². The lowest BCUT2D eigenvalue weighted by Gasteiger charge is -2.14. The van der Waals surface area contributed by atoms with Crippen LogP contribution in [0.1, 0.15) is 26.2 Å². The van der Waals surface area contributed by atoms with Crippen LogP contribution in [-0.4, -0.2) is 25.0 Å². The molecule has 0 heterocycles. The Morgan fingerprint density at radius 2 is 2.15 bits per heavy atom. The Bertz CT molecular complexity index is 211. The van der Waals surface area contributed by atoms with Gasteiger partial charge in [0.2, 0.25) is 0 Å². The molecule has 1 aliphatic rings. The summed E-state index contributed by atoms with van der Waals surface area (Å²) >= 11 is 0. The second-order valence-corrected chi connectivity index (χ2v) is 3.27. The Labute approximate surface area is 77.6 Å². The first kappa shape index (κ1) is 10.0. The topological polar surface area (TPSA) is 55.4 Å². The Hall–Kier alpha value is -1.06. The van der Waals surface area contributed by atoms with Crippen molar-refractivity contribution in [2.45, 2.75) is 32.2 Å². The smallest absolute Gasteiger partial charge is 0.407 e. The maximum absolute atomic E-state index is 11.4. The number of carbonyl (C=O) groups is 2. The van der Waals surface area contributed by atoms with E-state index in [4.69, 9.17) is 0 Å². The lowest BCUT2D eigenvalue weighted by molar-refractivity contribution is -0.121. The summed E-state index contributed by atoms with van der Waals surface area (Å²) in [6, 6.07) is -0.322. The highest BCUT2D eigenvalue weighted by molar-refractivity contribution is 5.87. The minimum Gasteiger partial charge on any atom is -0.453 e. The molecule has 13 heavy (non-hydrogen) atoms. The van der Waals surface area contributed by atoms with E-state index in [-0.39, 0.29) is 11.8 Å². The van der Waals surface area contributed by atoms with Crippen LogP contribution in [0.5, 0.6) is 0 Å². The third-order valence-corrected chi connectivity index (χ3v) is 2.25. The Morgan fingerprint density at radius 3 is 2.54 bits per heavy atom. The van der Waals surface area contributed by atoms with E-state index in [1.54, 1.807) is 6.92 Å². The van der Waals surface area contributed by atoms with E-state index in [1.807, 2.05) is 0 Å². The highest BCUT2D eigenvalue weighted by atomic mass is 16.5. The monoisotopic (exact) mass is 185 g/mol. The standard InChI is InChI=1S/C9H15NO3/c1-3-7(11)8(6-4-5-6)10-9(12)13-2/h6,8H,3-5H2,1-2H3,(H,10,12). The van der Waals surface area contributed by atoms with Crippen molar-refractivity contribution in [2.24, 2.45) is 5.92 Å². The fourth-order valence-corrected chi connectivity index (χ4v) is 1.30. The summed E-state index contributed by atoms with van der Waals surface area (Å²) in [5, 5.41) is 2.57. The zero-order chi connectivity index (χ0) is 9.84. The van der Waals surface area contributed by atoms with E-state index in [2.05, 4.69) is 10.1 Å². The molecule has 74 valence electrons. The average Bonchev–Trinajstić information content (AvgIpc) is 2.95. The molecule has 0 spiro atoms. The highest BCUT2D eigenvalue weighted by Crippen LogP contribution is 2.33. The zero-order valence-electron chi connectivity index (χ0n) is 8.00. The molecule has 0 saturated heterocycles. The van der Waals surface area contributed by atoms with Gasteiger partial charge in [-0.05, 0) is 18.8 Å². The van der Waals surface area contributed by atoms with Crippen molar-refractivity contribution in [1.29, 1.82) is 0 Å². The predicted octanol–water partition coefficient (Wildman–Crippen LogP) is 1.10. The van der Waals surface area contributed by atoms with Gasteiger partial charge in [0, 0.05) is 6.42 Å². The molecule has 1 N–H and O–H groups in total. The molecule has 1 saturated carbocycles. The van der Waals surface area contributed by atoms with Crippen LogP contribution in [0.3, 0.4) is 0 Å². The minimum atomic E-state index is -0.515. The molecule has 1 unspecified atom stereocenters. The van der Waals surface area contributed by atoms with E-state index in [1.165, 1.54) is 7.11 Å². The number of methoxy groups -OCH3 is 1. The molecule has 1 amide bonds. The number of hydrogen-bond donors (Lipinski definition) is 1. The molecule has 0 aliphatic heterocycles. The first-order valence-electron chi connectivity index (χ1n) is 4.56. The molecule has 1 fully saturated rings. The summed E-state index contributed by atoms with van der Waals surface area (Å²) in [4.78, 5) is 22.3. The quantitative estimate of drug-likeness (QED) is 0.713. The van der Waals surface area contributed by atoms with Crippen molar-refractivity contribution >= 4 is 11.9 Å². The van der Waals surface area contributed by atoms with Crippen molar-refractivity contribution in [3.8, 4) is 0 Å². The molecule has 0 aromatic carbocycles. The Morgan fingerprint density at radius 1 is 1.54 bits per heavy atom. The van der Waals surface area contributed by atoms with Gasteiger partial charge in [-0.25, -0.2) is 4.79 Å². The second-order valence-electron chi connectivity index (χ2n) is 3.27. The van der Waals surface area contributed by atoms with Gasteiger partial charge in [-0.1, -0.05) is 6.92 Å². The normalized spacial score (nSPS) is 17.7. The first-order valence-corrected chi connectivity index (χ1v) is 4.56. The summed E-state index contributed by atoms with van der Waals surface area (Å²) in [6.45, 7) is 1.80. The molecule has 0 aromatic heterocycles.